The fourth-order valence-corrected chi connectivity index (χ4v) is 3.93. The first-order valence-corrected chi connectivity index (χ1v) is 11.6. The van der Waals surface area contributed by atoms with Crippen LogP contribution in [0.25, 0.3) is 0 Å². The Kier molecular flexibility index (Phi) is 6.68. The number of anilines is 1. The minimum atomic E-state index is -1.79. The van der Waals surface area contributed by atoms with E-state index in [2.05, 4.69) is 9.88 Å². The smallest absolute Gasteiger partial charge is 0.215 e. The van der Waals surface area contributed by atoms with Crippen molar-refractivity contribution in [1.29, 1.82) is 0 Å². The van der Waals surface area contributed by atoms with E-state index in [9.17, 15) is 9.18 Å². The van der Waals surface area contributed by atoms with Crippen molar-refractivity contribution < 1.29 is 18.7 Å². The maximum atomic E-state index is 13.8. The highest BCUT2D eigenvalue weighted by molar-refractivity contribution is 5.86. The minimum Gasteiger partial charge on any atom is -0.489 e. The Morgan fingerprint density at radius 3 is 2.66 bits per heavy atom. The number of Topliss-reactive ketones (excluding diaryl/α,β-unsaturated/α-hetero) is 1. The van der Waals surface area contributed by atoms with E-state index < -0.39 is 5.67 Å². The van der Waals surface area contributed by atoms with Crippen LogP contribution in [-0.2, 0) is 4.79 Å². The highest BCUT2D eigenvalue weighted by Crippen LogP contribution is 2.31. The van der Waals surface area contributed by atoms with Gasteiger partial charge in [-0.15, -0.1) is 0 Å². The van der Waals surface area contributed by atoms with Gasteiger partial charge in [0.15, 0.2) is 11.5 Å². The van der Waals surface area contributed by atoms with Gasteiger partial charge in [0, 0.05) is 37.3 Å². The lowest BCUT2D eigenvalue weighted by atomic mass is 9.91. The Hall–Kier alpha value is -2.63. The summed E-state index contributed by atoms with van der Waals surface area (Å²) >= 11 is 0. The van der Waals surface area contributed by atoms with Crippen LogP contribution < -0.4 is 14.4 Å². The van der Waals surface area contributed by atoms with Crippen LogP contribution in [0.4, 0.5) is 10.1 Å². The van der Waals surface area contributed by atoms with E-state index in [-0.39, 0.29) is 24.2 Å². The number of ether oxygens (including phenoxy) is 2. The second-order valence-corrected chi connectivity index (χ2v) is 9.65. The molecule has 0 amide bonds. The van der Waals surface area contributed by atoms with Gasteiger partial charge >= 0.3 is 0 Å². The number of carbonyl (C=O) groups excluding carboxylic acids is 1. The van der Waals surface area contributed by atoms with Crippen LogP contribution >= 0.6 is 0 Å². The zero-order chi connectivity index (χ0) is 22.7. The molecule has 6 heteroatoms. The van der Waals surface area contributed by atoms with Crippen LogP contribution in [0.2, 0.25) is 0 Å². The quantitative estimate of drug-likeness (QED) is 0.499. The lowest BCUT2D eigenvalue weighted by molar-refractivity contribution is -0.128. The van der Waals surface area contributed by atoms with Crippen LogP contribution in [0.5, 0.6) is 11.6 Å². The van der Waals surface area contributed by atoms with Crippen molar-refractivity contribution in [1.82, 2.24) is 4.98 Å². The molecule has 2 heterocycles. The van der Waals surface area contributed by atoms with Gasteiger partial charge in [0.25, 0.3) is 0 Å². The Labute approximate surface area is 189 Å². The third kappa shape index (κ3) is 5.99. The molecule has 5 nitrogen and oxygen atoms in total. The molecule has 2 fully saturated rings. The van der Waals surface area contributed by atoms with Crippen LogP contribution in [0.1, 0.15) is 57.9 Å². The van der Waals surface area contributed by atoms with E-state index in [1.54, 1.807) is 6.20 Å². The van der Waals surface area contributed by atoms with Crippen LogP contribution in [0.15, 0.2) is 42.6 Å². The molecular formula is C26H33FN2O3. The predicted octanol–water partition coefficient (Wildman–Crippen LogP) is 5.34. The molecule has 172 valence electrons. The van der Waals surface area contributed by atoms with Crippen molar-refractivity contribution in [2.24, 2.45) is 5.92 Å². The molecule has 1 aromatic heterocycles. The first-order chi connectivity index (χ1) is 15.3. The van der Waals surface area contributed by atoms with Crippen molar-refractivity contribution in [3.05, 3.63) is 48.2 Å². The van der Waals surface area contributed by atoms with E-state index in [4.69, 9.17) is 9.47 Å². The van der Waals surface area contributed by atoms with E-state index in [1.165, 1.54) is 26.7 Å². The second kappa shape index (κ2) is 9.47. The largest absolute Gasteiger partial charge is 0.489 e. The molecular weight excluding hydrogens is 407 g/mol. The molecule has 1 saturated heterocycles. The van der Waals surface area contributed by atoms with Crippen LogP contribution in [-0.4, -0.2) is 42.2 Å². The number of aromatic nitrogens is 1. The summed E-state index contributed by atoms with van der Waals surface area (Å²) in [5.74, 6) is 1.81. The van der Waals surface area contributed by atoms with Crippen molar-refractivity contribution >= 4 is 11.5 Å². The molecule has 2 aromatic rings. The SMILES string of the molecule is C[C@H](CC(=O)C(C)(C)F)c1ccc(OC2CCN(c3ccnc(OCC4CC4)c3)C2)cc1. The molecule has 0 radical (unpaired) electrons. The first kappa shape index (κ1) is 22.6. The number of pyridine rings is 1. The Bertz CT molecular complexity index is 921. The fraction of sp³-hybridized carbons (Fsp3) is 0.538. The highest BCUT2D eigenvalue weighted by atomic mass is 19.1. The highest BCUT2D eigenvalue weighted by Gasteiger charge is 2.28. The van der Waals surface area contributed by atoms with Crippen molar-refractivity contribution in [2.75, 3.05) is 24.6 Å². The minimum absolute atomic E-state index is 0.0310. The molecule has 0 N–H and O–H groups in total. The number of ketones is 1. The van der Waals surface area contributed by atoms with Gasteiger partial charge in [-0.25, -0.2) is 9.37 Å². The number of halogens is 1. The normalized spacial score (nSPS) is 19.6. The Balaban J connectivity index is 1.29. The zero-order valence-electron chi connectivity index (χ0n) is 19.2. The summed E-state index contributed by atoms with van der Waals surface area (Å²) in [6.45, 7) is 7.08. The average Bonchev–Trinajstić information content (AvgIpc) is 3.49. The van der Waals surface area contributed by atoms with E-state index in [0.29, 0.717) is 11.8 Å². The maximum absolute atomic E-state index is 13.8. The number of carbonyl (C=O) groups is 1. The Morgan fingerprint density at radius 1 is 1.22 bits per heavy atom. The topological polar surface area (TPSA) is 51.7 Å². The molecule has 2 atom stereocenters. The summed E-state index contributed by atoms with van der Waals surface area (Å²) in [6, 6.07) is 11.9. The molecule has 32 heavy (non-hydrogen) atoms. The zero-order valence-corrected chi connectivity index (χ0v) is 19.2. The van der Waals surface area contributed by atoms with E-state index >= 15 is 0 Å². The van der Waals surface area contributed by atoms with Crippen molar-refractivity contribution in [3.63, 3.8) is 0 Å². The summed E-state index contributed by atoms with van der Waals surface area (Å²) in [5, 5.41) is 0. The second-order valence-electron chi connectivity index (χ2n) is 9.65. The van der Waals surface area contributed by atoms with Crippen molar-refractivity contribution in [3.8, 4) is 11.6 Å². The summed E-state index contributed by atoms with van der Waals surface area (Å²) in [4.78, 5) is 18.6. The van der Waals surface area contributed by atoms with Crippen LogP contribution in [0.3, 0.4) is 0 Å². The van der Waals surface area contributed by atoms with Gasteiger partial charge in [-0.2, -0.15) is 0 Å². The third-order valence-electron chi connectivity index (χ3n) is 6.30. The van der Waals surface area contributed by atoms with Crippen LogP contribution in [0, 0.1) is 5.92 Å². The molecule has 1 aromatic carbocycles. The van der Waals surface area contributed by atoms with Gasteiger partial charge < -0.3 is 14.4 Å². The summed E-state index contributed by atoms with van der Waals surface area (Å²) in [5.41, 5.74) is 0.338. The van der Waals surface area contributed by atoms with E-state index in [1.807, 2.05) is 43.3 Å². The number of alkyl halides is 1. The lowest BCUT2D eigenvalue weighted by Crippen LogP contribution is -2.27. The molecule has 1 aliphatic carbocycles. The van der Waals surface area contributed by atoms with E-state index in [0.717, 1.165) is 43.1 Å². The van der Waals surface area contributed by atoms with Gasteiger partial charge in [0.1, 0.15) is 11.9 Å². The van der Waals surface area contributed by atoms with Crippen molar-refractivity contribution in [2.45, 2.75) is 64.1 Å². The molecule has 1 aliphatic heterocycles. The first-order valence-electron chi connectivity index (χ1n) is 11.6. The number of hydrogen-bond donors (Lipinski definition) is 0. The predicted molar refractivity (Wildman–Crippen MR) is 123 cm³/mol. The molecule has 0 spiro atoms. The monoisotopic (exact) mass is 440 g/mol. The molecule has 1 saturated carbocycles. The molecule has 2 aliphatic rings. The number of nitrogens with zero attached hydrogens (tertiary/aromatic N) is 2. The van der Waals surface area contributed by atoms with Gasteiger partial charge in [0.05, 0.1) is 13.2 Å². The number of rotatable bonds is 10. The summed E-state index contributed by atoms with van der Waals surface area (Å²) < 4.78 is 25.8. The average molecular weight is 441 g/mol. The number of hydrogen-bond acceptors (Lipinski definition) is 5. The van der Waals surface area contributed by atoms with Gasteiger partial charge in [0.2, 0.25) is 5.88 Å². The third-order valence-corrected chi connectivity index (χ3v) is 6.30. The number of benzene rings is 1. The molecule has 0 bridgehead atoms. The summed E-state index contributed by atoms with van der Waals surface area (Å²) in [7, 11) is 0. The van der Waals surface area contributed by atoms with Gasteiger partial charge in [-0.3, -0.25) is 4.79 Å². The standard InChI is InChI=1S/C26H33FN2O3/c1-18(14-24(30)26(2,3)27)20-6-8-22(9-7-20)32-23-11-13-29(16-23)21-10-12-28-25(15-21)31-17-19-4-5-19/h6-10,12,15,18-19,23H,4-5,11,13-14,16-17H2,1-3H3/t18-,23?/m1/s1. The maximum Gasteiger partial charge on any atom is 0.215 e. The molecule has 4 rings (SSSR count). The summed E-state index contributed by atoms with van der Waals surface area (Å²) in [6.07, 6.45) is 5.58. The molecule has 1 unspecified atom stereocenters. The van der Waals surface area contributed by atoms with Gasteiger partial charge in [-0.05, 0) is 62.3 Å². The van der Waals surface area contributed by atoms with Gasteiger partial charge in [-0.1, -0.05) is 19.1 Å². The Morgan fingerprint density at radius 2 is 1.97 bits per heavy atom. The fourth-order valence-electron chi connectivity index (χ4n) is 3.93. The lowest BCUT2D eigenvalue weighted by Gasteiger charge is -2.20.